The normalized spacial score (nSPS) is 12.5. The summed E-state index contributed by atoms with van der Waals surface area (Å²) in [7, 11) is -4.50. The van der Waals surface area contributed by atoms with Gasteiger partial charge in [0, 0.05) is 11.8 Å². The summed E-state index contributed by atoms with van der Waals surface area (Å²) in [6.07, 6.45) is -4.60. The van der Waals surface area contributed by atoms with Crippen LogP contribution in [0.4, 0.5) is 13.2 Å². The van der Waals surface area contributed by atoms with Crippen LogP contribution in [0.2, 0.25) is 0 Å². The van der Waals surface area contributed by atoms with Gasteiger partial charge in [-0.25, -0.2) is 13.6 Å². The summed E-state index contributed by atoms with van der Waals surface area (Å²) >= 11 is 0. The molecule has 0 aliphatic carbocycles. The van der Waals surface area contributed by atoms with Gasteiger partial charge in [-0.15, -0.1) is 13.2 Å². The molecule has 3 N–H and O–H groups in total. The van der Waals surface area contributed by atoms with Gasteiger partial charge in [0.15, 0.2) is 5.75 Å². The summed E-state index contributed by atoms with van der Waals surface area (Å²) in [5.74, 6) is -1.07. The lowest BCUT2D eigenvalue weighted by molar-refractivity contribution is -0.275. The molecule has 0 fully saturated rings. The Bertz CT molecular complexity index is 590. The van der Waals surface area contributed by atoms with Crippen molar-refractivity contribution in [2.24, 2.45) is 5.14 Å². The Balaban J connectivity index is 3.53. The minimum atomic E-state index is -5.09. The maximum atomic E-state index is 12.0. The van der Waals surface area contributed by atoms with Gasteiger partial charge < -0.3 is 9.72 Å². The molecule has 0 saturated heterocycles. The Morgan fingerprint density at radius 1 is 1.41 bits per heavy atom. The molecule has 1 aromatic rings. The topological polar surface area (TPSA) is 102 Å². The molecule has 0 aromatic carbocycles. The SMILES string of the molecule is Cc1c(S(N)(=O)=O)c(OC(F)(F)F)c[nH]c1=O. The van der Waals surface area contributed by atoms with E-state index in [1.165, 1.54) is 0 Å². The number of H-pyrrole nitrogens is 1. The number of alkyl halides is 3. The minimum Gasteiger partial charge on any atom is -0.403 e. The molecule has 1 aromatic heterocycles. The van der Waals surface area contributed by atoms with Gasteiger partial charge in [-0.3, -0.25) is 4.79 Å². The maximum absolute atomic E-state index is 12.0. The molecule has 1 rings (SSSR count). The number of ether oxygens (including phenoxy) is 1. The van der Waals surface area contributed by atoms with Crippen LogP contribution in [-0.4, -0.2) is 19.8 Å². The van der Waals surface area contributed by atoms with Crippen LogP contribution >= 0.6 is 0 Å². The Labute approximate surface area is 93.3 Å². The zero-order valence-electron chi connectivity index (χ0n) is 8.33. The fraction of sp³-hybridized carbons (Fsp3) is 0.286. The fourth-order valence-electron chi connectivity index (χ4n) is 1.15. The van der Waals surface area contributed by atoms with Crippen molar-refractivity contribution in [3.63, 3.8) is 0 Å². The first kappa shape index (κ1) is 13.5. The van der Waals surface area contributed by atoms with Gasteiger partial charge >= 0.3 is 6.36 Å². The van der Waals surface area contributed by atoms with Gasteiger partial charge in [-0.1, -0.05) is 0 Å². The summed E-state index contributed by atoms with van der Waals surface area (Å²) in [5.41, 5.74) is -1.35. The average Bonchev–Trinajstić information content (AvgIpc) is 2.06. The van der Waals surface area contributed by atoms with Gasteiger partial charge in [-0.05, 0) is 6.92 Å². The predicted molar refractivity (Wildman–Crippen MR) is 49.9 cm³/mol. The van der Waals surface area contributed by atoms with Crippen LogP contribution in [0.3, 0.4) is 0 Å². The van der Waals surface area contributed by atoms with E-state index in [-0.39, 0.29) is 0 Å². The summed E-state index contributed by atoms with van der Waals surface area (Å²) in [5, 5.41) is 4.72. The molecule has 17 heavy (non-hydrogen) atoms. The standard InChI is InChI=1S/C7H7F3N2O4S/c1-3-5(17(11,14)15)4(2-12-6(3)13)16-7(8,9)10/h2H,1H3,(H,12,13)(H2,11,14,15). The van der Waals surface area contributed by atoms with E-state index < -0.39 is 38.2 Å². The molecule has 0 unspecified atom stereocenters. The minimum absolute atomic E-state index is 0.478. The molecule has 0 aliphatic rings. The second kappa shape index (κ2) is 4.04. The Morgan fingerprint density at radius 3 is 2.35 bits per heavy atom. The third-order valence-electron chi connectivity index (χ3n) is 1.75. The molecule has 6 nitrogen and oxygen atoms in total. The number of sulfonamides is 1. The first-order valence-electron chi connectivity index (χ1n) is 4.03. The van der Waals surface area contributed by atoms with Gasteiger partial charge in [0.25, 0.3) is 5.56 Å². The molecular formula is C7H7F3N2O4S. The number of nitrogens with one attached hydrogen (secondary N) is 1. The highest BCUT2D eigenvalue weighted by Crippen LogP contribution is 2.28. The lowest BCUT2D eigenvalue weighted by atomic mass is 10.3. The van der Waals surface area contributed by atoms with E-state index in [0.29, 0.717) is 6.20 Å². The molecule has 1 heterocycles. The third kappa shape index (κ3) is 3.20. The molecule has 96 valence electrons. The summed E-state index contributed by atoms with van der Waals surface area (Å²) in [6, 6.07) is 0. The second-order valence-corrected chi connectivity index (χ2v) is 4.53. The van der Waals surface area contributed by atoms with E-state index in [2.05, 4.69) is 4.74 Å². The second-order valence-electron chi connectivity index (χ2n) is 3.03. The van der Waals surface area contributed by atoms with Gasteiger partial charge in [0.2, 0.25) is 10.0 Å². The van der Waals surface area contributed by atoms with Crippen molar-refractivity contribution in [3.05, 3.63) is 22.1 Å². The Morgan fingerprint density at radius 2 is 1.94 bits per heavy atom. The van der Waals surface area contributed by atoms with Crippen LogP contribution in [0, 0.1) is 6.92 Å². The molecule has 10 heteroatoms. The van der Waals surface area contributed by atoms with Crippen molar-refractivity contribution in [1.82, 2.24) is 4.98 Å². The third-order valence-corrected chi connectivity index (χ3v) is 2.83. The van der Waals surface area contributed by atoms with Crippen molar-refractivity contribution in [1.29, 1.82) is 0 Å². The number of aromatic nitrogens is 1. The first-order chi connectivity index (χ1) is 7.52. The quantitative estimate of drug-likeness (QED) is 0.804. The highest BCUT2D eigenvalue weighted by atomic mass is 32.2. The molecule has 0 bridgehead atoms. The number of halogens is 3. The Hall–Kier alpha value is -1.55. The van der Waals surface area contributed by atoms with E-state index in [0.717, 1.165) is 6.92 Å². The molecule has 0 radical (unpaired) electrons. The van der Waals surface area contributed by atoms with Crippen LogP contribution in [0.15, 0.2) is 15.9 Å². The summed E-state index contributed by atoms with van der Waals surface area (Å²) in [4.78, 5) is 12.0. The fourth-order valence-corrected chi connectivity index (χ4v) is 2.05. The number of primary sulfonamides is 1. The van der Waals surface area contributed by atoms with Crippen molar-refractivity contribution in [3.8, 4) is 5.75 Å². The van der Waals surface area contributed by atoms with Crippen LogP contribution in [0.1, 0.15) is 5.56 Å². The van der Waals surface area contributed by atoms with Gasteiger partial charge in [0.05, 0.1) is 0 Å². The van der Waals surface area contributed by atoms with E-state index in [9.17, 15) is 26.4 Å². The predicted octanol–water partition coefficient (Wildman–Crippen LogP) is 0.229. The van der Waals surface area contributed by atoms with E-state index in [1.54, 1.807) is 0 Å². The lowest BCUT2D eigenvalue weighted by Crippen LogP contribution is -2.25. The number of nitrogens with two attached hydrogens (primary N) is 1. The van der Waals surface area contributed by atoms with E-state index in [1.807, 2.05) is 4.98 Å². The van der Waals surface area contributed by atoms with Gasteiger partial charge in [0.1, 0.15) is 4.90 Å². The monoisotopic (exact) mass is 272 g/mol. The average molecular weight is 272 g/mol. The molecule has 0 aliphatic heterocycles. The van der Waals surface area contributed by atoms with Gasteiger partial charge in [-0.2, -0.15) is 0 Å². The van der Waals surface area contributed by atoms with Crippen LogP contribution in [0.25, 0.3) is 0 Å². The highest BCUT2D eigenvalue weighted by Gasteiger charge is 2.34. The highest BCUT2D eigenvalue weighted by molar-refractivity contribution is 7.89. The Kier molecular flexibility index (Phi) is 3.21. The lowest BCUT2D eigenvalue weighted by Gasteiger charge is -2.12. The van der Waals surface area contributed by atoms with Crippen LogP contribution in [-0.2, 0) is 10.0 Å². The first-order valence-corrected chi connectivity index (χ1v) is 5.58. The van der Waals surface area contributed by atoms with Crippen LogP contribution < -0.4 is 15.4 Å². The smallest absolute Gasteiger partial charge is 0.403 e. The molecule has 0 atom stereocenters. The molecule has 0 amide bonds. The number of aromatic amines is 1. The maximum Gasteiger partial charge on any atom is 0.573 e. The number of hydrogen-bond acceptors (Lipinski definition) is 4. The largest absolute Gasteiger partial charge is 0.573 e. The molecular weight excluding hydrogens is 265 g/mol. The molecule has 0 spiro atoms. The van der Waals surface area contributed by atoms with E-state index in [4.69, 9.17) is 5.14 Å². The van der Waals surface area contributed by atoms with Crippen molar-refractivity contribution >= 4 is 10.0 Å². The van der Waals surface area contributed by atoms with Crippen molar-refractivity contribution in [2.75, 3.05) is 0 Å². The molecule has 0 saturated carbocycles. The van der Waals surface area contributed by atoms with Crippen molar-refractivity contribution < 1.29 is 26.3 Å². The summed E-state index contributed by atoms with van der Waals surface area (Å²) < 4.78 is 61.6. The zero-order valence-corrected chi connectivity index (χ0v) is 9.15. The number of hydrogen-bond donors (Lipinski definition) is 2. The zero-order chi connectivity index (χ0) is 13.4. The van der Waals surface area contributed by atoms with E-state index >= 15 is 0 Å². The summed E-state index contributed by atoms with van der Waals surface area (Å²) in [6.45, 7) is 1.02. The van der Waals surface area contributed by atoms with Crippen LogP contribution in [0.5, 0.6) is 5.75 Å². The number of pyridine rings is 1. The number of rotatable bonds is 2. The van der Waals surface area contributed by atoms with Crippen molar-refractivity contribution in [2.45, 2.75) is 18.2 Å².